The molecular formula is C25H24N4O4S. The van der Waals surface area contributed by atoms with Crippen LogP contribution in [0.2, 0.25) is 0 Å². The van der Waals surface area contributed by atoms with Crippen molar-refractivity contribution in [1.82, 2.24) is 9.88 Å². The van der Waals surface area contributed by atoms with Gasteiger partial charge < -0.3 is 14.6 Å². The SMILES string of the molecule is Cc1ccc(CN(Cc2ccco2)C(=O)c2ccc(NC(C)c3ccccn3)c([N+](=O)[O-])c2)s1. The maximum Gasteiger partial charge on any atom is 0.293 e. The molecule has 9 heteroatoms. The van der Waals surface area contributed by atoms with Gasteiger partial charge in [-0.05, 0) is 62.4 Å². The number of aryl methyl sites for hydroxylation is 1. The number of benzene rings is 1. The molecule has 0 aliphatic carbocycles. The molecule has 0 saturated heterocycles. The quantitative estimate of drug-likeness (QED) is 0.236. The fraction of sp³-hybridized carbons (Fsp3) is 0.200. The van der Waals surface area contributed by atoms with Gasteiger partial charge in [-0.15, -0.1) is 11.3 Å². The fourth-order valence-electron chi connectivity index (χ4n) is 3.61. The molecule has 8 nitrogen and oxygen atoms in total. The minimum absolute atomic E-state index is 0.168. The van der Waals surface area contributed by atoms with E-state index in [-0.39, 0.29) is 29.7 Å². The van der Waals surface area contributed by atoms with Crippen LogP contribution in [0.15, 0.2) is 77.5 Å². The second-order valence-electron chi connectivity index (χ2n) is 7.86. The van der Waals surface area contributed by atoms with Gasteiger partial charge in [-0.2, -0.15) is 0 Å². The lowest BCUT2D eigenvalue weighted by atomic mass is 10.1. The second kappa shape index (κ2) is 10.3. The van der Waals surface area contributed by atoms with E-state index in [4.69, 9.17) is 4.42 Å². The van der Waals surface area contributed by atoms with Gasteiger partial charge in [-0.25, -0.2) is 0 Å². The lowest BCUT2D eigenvalue weighted by molar-refractivity contribution is -0.384. The van der Waals surface area contributed by atoms with Gasteiger partial charge >= 0.3 is 0 Å². The van der Waals surface area contributed by atoms with Crippen LogP contribution in [-0.2, 0) is 13.1 Å². The first-order valence-electron chi connectivity index (χ1n) is 10.7. The van der Waals surface area contributed by atoms with E-state index in [1.54, 1.807) is 53.0 Å². The van der Waals surface area contributed by atoms with Crippen molar-refractivity contribution >= 4 is 28.6 Å². The number of furan rings is 1. The number of aromatic nitrogens is 1. The summed E-state index contributed by atoms with van der Waals surface area (Å²) in [6.45, 7) is 4.52. The molecule has 4 rings (SSSR count). The van der Waals surface area contributed by atoms with Crippen LogP contribution >= 0.6 is 11.3 Å². The number of nitro groups is 1. The summed E-state index contributed by atoms with van der Waals surface area (Å²) in [6.07, 6.45) is 3.23. The summed E-state index contributed by atoms with van der Waals surface area (Å²) in [5.74, 6) is 0.327. The zero-order chi connectivity index (χ0) is 24.1. The topological polar surface area (TPSA) is 102 Å². The van der Waals surface area contributed by atoms with Crippen LogP contribution in [0.5, 0.6) is 0 Å². The maximum atomic E-state index is 13.4. The van der Waals surface area contributed by atoms with Crippen molar-refractivity contribution in [2.75, 3.05) is 5.32 Å². The van der Waals surface area contributed by atoms with E-state index in [2.05, 4.69) is 10.3 Å². The highest BCUT2D eigenvalue weighted by molar-refractivity contribution is 7.11. The van der Waals surface area contributed by atoms with E-state index >= 15 is 0 Å². The number of hydrogen-bond donors (Lipinski definition) is 1. The summed E-state index contributed by atoms with van der Waals surface area (Å²) in [7, 11) is 0. The molecule has 1 atom stereocenters. The number of carbonyl (C=O) groups excluding carboxylic acids is 1. The Kier molecular flexibility index (Phi) is 7.03. The van der Waals surface area contributed by atoms with Crippen LogP contribution in [0.25, 0.3) is 0 Å². The van der Waals surface area contributed by atoms with Crippen LogP contribution < -0.4 is 5.32 Å². The minimum Gasteiger partial charge on any atom is -0.467 e. The molecule has 1 amide bonds. The molecular weight excluding hydrogens is 452 g/mol. The van der Waals surface area contributed by atoms with Crippen molar-refractivity contribution in [3.8, 4) is 0 Å². The van der Waals surface area contributed by atoms with E-state index in [1.165, 1.54) is 6.07 Å². The highest BCUT2D eigenvalue weighted by Crippen LogP contribution is 2.30. The van der Waals surface area contributed by atoms with Crippen molar-refractivity contribution in [2.45, 2.75) is 33.0 Å². The van der Waals surface area contributed by atoms with Crippen molar-refractivity contribution in [2.24, 2.45) is 0 Å². The van der Waals surface area contributed by atoms with E-state index in [9.17, 15) is 14.9 Å². The highest BCUT2D eigenvalue weighted by Gasteiger charge is 2.24. The molecule has 0 saturated carbocycles. The van der Waals surface area contributed by atoms with E-state index in [1.807, 2.05) is 44.2 Å². The predicted molar refractivity (Wildman–Crippen MR) is 131 cm³/mol. The lowest BCUT2D eigenvalue weighted by Gasteiger charge is -2.22. The molecule has 3 aromatic heterocycles. The van der Waals surface area contributed by atoms with Gasteiger partial charge in [0.15, 0.2) is 0 Å². The number of anilines is 1. The Morgan fingerprint density at radius 1 is 1.18 bits per heavy atom. The van der Waals surface area contributed by atoms with Crippen LogP contribution in [-0.4, -0.2) is 20.7 Å². The largest absolute Gasteiger partial charge is 0.467 e. The van der Waals surface area contributed by atoms with Crippen molar-refractivity contribution in [3.63, 3.8) is 0 Å². The third-order valence-electron chi connectivity index (χ3n) is 5.30. The zero-order valence-corrected chi connectivity index (χ0v) is 19.6. The fourth-order valence-corrected chi connectivity index (χ4v) is 4.51. The van der Waals surface area contributed by atoms with Gasteiger partial charge in [0.1, 0.15) is 11.4 Å². The standard InChI is InChI=1S/C25H24N4O4S/c1-17-8-10-21(34-17)16-28(15-20-6-5-13-33-20)25(30)19-9-11-23(24(14-19)29(31)32)27-18(2)22-7-3-4-12-26-22/h3-14,18,27H,15-16H2,1-2H3. The third-order valence-corrected chi connectivity index (χ3v) is 6.29. The number of hydrogen-bond acceptors (Lipinski definition) is 7. The van der Waals surface area contributed by atoms with Crippen LogP contribution in [0.3, 0.4) is 0 Å². The summed E-state index contributed by atoms with van der Waals surface area (Å²) in [5, 5.41) is 15.0. The normalized spacial score (nSPS) is 11.7. The van der Waals surface area contributed by atoms with Gasteiger partial charge in [-0.3, -0.25) is 19.9 Å². The number of thiophene rings is 1. The summed E-state index contributed by atoms with van der Waals surface area (Å²) < 4.78 is 5.45. The van der Waals surface area contributed by atoms with Crippen LogP contribution in [0.4, 0.5) is 11.4 Å². The second-order valence-corrected chi connectivity index (χ2v) is 9.24. The number of carbonyl (C=O) groups is 1. The average molecular weight is 477 g/mol. The lowest BCUT2D eigenvalue weighted by Crippen LogP contribution is -2.29. The highest BCUT2D eigenvalue weighted by atomic mass is 32.1. The third kappa shape index (κ3) is 5.49. The Labute approximate surface area is 201 Å². The summed E-state index contributed by atoms with van der Waals surface area (Å²) >= 11 is 1.61. The number of nitrogens with one attached hydrogen (secondary N) is 1. The Balaban J connectivity index is 1.60. The molecule has 1 aromatic carbocycles. The van der Waals surface area contributed by atoms with Crippen LogP contribution in [0.1, 0.15) is 44.5 Å². The molecule has 0 fully saturated rings. The number of nitro benzene ring substituents is 1. The Morgan fingerprint density at radius 2 is 2.03 bits per heavy atom. The van der Waals surface area contributed by atoms with Crippen molar-refractivity contribution < 1.29 is 14.1 Å². The summed E-state index contributed by atoms with van der Waals surface area (Å²) in [4.78, 5) is 32.9. The molecule has 0 aliphatic rings. The summed E-state index contributed by atoms with van der Waals surface area (Å²) in [6, 6.07) is 17.3. The smallest absolute Gasteiger partial charge is 0.293 e. The average Bonchev–Trinajstić information content (AvgIpc) is 3.50. The van der Waals surface area contributed by atoms with E-state index in [0.717, 1.165) is 15.4 Å². The van der Waals surface area contributed by atoms with E-state index < -0.39 is 4.92 Å². The molecule has 174 valence electrons. The molecule has 4 aromatic rings. The monoisotopic (exact) mass is 476 g/mol. The van der Waals surface area contributed by atoms with Crippen LogP contribution in [0, 0.1) is 17.0 Å². The molecule has 34 heavy (non-hydrogen) atoms. The zero-order valence-electron chi connectivity index (χ0n) is 18.8. The van der Waals surface area contributed by atoms with Gasteiger partial charge in [-0.1, -0.05) is 6.07 Å². The Bertz CT molecular complexity index is 1270. The van der Waals surface area contributed by atoms with Crippen molar-refractivity contribution in [3.05, 3.63) is 110 Å². The van der Waals surface area contributed by atoms with Gasteiger partial charge in [0, 0.05) is 27.6 Å². The first-order chi connectivity index (χ1) is 16.4. The molecule has 0 aliphatic heterocycles. The molecule has 3 heterocycles. The van der Waals surface area contributed by atoms with Gasteiger partial charge in [0.2, 0.25) is 0 Å². The number of amides is 1. The van der Waals surface area contributed by atoms with Gasteiger partial charge in [0.05, 0.1) is 36.0 Å². The summed E-state index contributed by atoms with van der Waals surface area (Å²) in [5.41, 5.74) is 1.15. The molecule has 0 bridgehead atoms. The maximum absolute atomic E-state index is 13.4. The number of nitrogens with zero attached hydrogens (tertiary/aromatic N) is 3. The first kappa shape index (κ1) is 23.2. The first-order valence-corrected chi connectivity index (χ1v) is 11.5. The Hall–Kier alpha value is -3.98. The molecule has 1 N–H and O–H groups in total. The molecule has 0 spiro atoms. The Morgan fingerprint density at radius 3 is 2.68 bits per heavy atom. The molecule has 1 unspecified atom stereocenters. The number of rotatable bonds is 9. The predicted octanol–water partition coefficient (Wildman–Crippen LogP) is 5.97. The van der Waals surface area contributed by atoms with Crippen molar-refractivity contribution in [1.29, 1.82) is 0 Å². The van der Waals surface area contributed by atoms with E-state index in [0.29, 0.717) is 18.0 Å². The van der Waals surface area contributed by atoms with Gasteiger partial charge in [0.25, 0.3) is 11.6 Å². The molecule has 0 radical (unpaired) electrons. The minimum atomic E-state index is -0.482. The number of pyridine rings is 1.